The number of nitrogens with one attached hydrogen (secondary N) is 2. The smallest absolute Gasteiger partial charge is 0.408 e. The molecule has 0 aliphatic heterocycles. The van der Waals surface area contributed by atoms with Crippen molar-refractivity contribution in [2.75, 3.05) is 26.3 Å². The maximum absolute atomic E-state index is 13.5. The third-order valence-corrected chi connectivity index (χ3v) is 5.22. The van der Waals surface area contributed by atoms with E-state index in [1.807, 2.05) is 19.9 Å². The fourth-order valence-electron chi connectivity index (χ4n) is 3.44. The van der Waals surface area contributed by atoms with Gasteiger partial charge in [0.2, 0.25) is 11.8 Å². The molecular formula is C26H39N3O7. The van der Waals surface area contributed by atoms with Gasteiger partial charge in [0.15, 0.2) is 0 Å². The highest BCUT2D eigenvalue weighted by atomic mass is 16.6. The van der Waals surface area contributed by atoms with Crippen LogP contribution in [0.25, 0.3) is 0 Å². The molecular weight excluding hydrogens is 466 g/mol. The van der Waals surface area contributed by atoms with Crippen molar-refractivity contribution in [2.24, 2.45) is 0 Å². The highest BCUT2D eigenvalue weighted by molar-refractivity contribution is 5.92. The highest BCUT2D eigenvalue weighted by Gasteiger charge is 2.36. The van der Waals surface area contributed by atoms with E-state index < -0.39 is 48.2 Å². The van der Waals surface area contributed by atoms with Gasteiger partial charge in [0.25, 0.3) is 0 Å². The van der Waals surface area contributed by atoms with E-state index in [9.17, 15) is 24.3 Å². The number of aliphatic hydroxyl groups excluding tert-OH is 1. The first-order valence-electron chi connectivity index (χ1n) is 11.9. The summed E-state index contributed by atoms with van der Waals surface area (Å²) < 4.78 is 10.1. The molecule has 1 aromatic carbocycles. The predicted molar refractivity (Wildman–Crippen MR) is 135 cm³/mol. The Morgan fingerprint density at radius 2 is 1.86 bits per heavy atom. The first-order chi connectivity index (χ1) is 16.9. The van der Waals surface area contributed by atoms with Crippen LogP contribution in [0.3, 0.4) is 0 Å². The van der Waals surface area contributed by atoms with Crippen molar-refractivity contribution in [1.82, 2.24) is 15.5 Å². The molecule has 0 heterocycles. The second kappa shape index (κ2) is 14.2. The third kappa shape index (κ3) is 9.33. The number of benzene rings is 1. The molecule has 200 valence electrons. The van der Waals surface area contributed by atoms with Gasteiger partial charge < -0.3 is 30.1 Å². The molecule has 3 amide bonds. The van der Waals surface area contributed by atoms with E-state index in [0.29, 0.717) is 5.56 Å². The summed E-state index contributed by atoms with van der Waals surface area (Å²) in [5, 5.41) is 15.0. The van der Waals surface area contributed by atoms with Crippen LogP contribution in [-0.2, 0) is 23.9 Å². The fraction of sp³-hybridized carbons (Fsp3) is 0.538. The molecule has 3 N–H and O–H groups in total. The molecule has 0 aliphatic rings. The third-order valence-electron chi connectivity index (χ3n) is 5.22. The molecule has 0 aromatic heterocycles. The van der Waals surface area contributed by atoms with Gasteiger partial charge in [0.05, 0.1) is 19.6 Å². The van der Waals surface area contributed by atoms with E-state index in [0.717, 1.165) is 11.1 Å². The Hall–Kier alpha value is -3.40. The van der Waals surface area contributed by atoms with Crippen molar-refractivity contribution in [3.8, 4) is 0 Å². The van der Waals surface area contributed by atoms with E-state index in [2.05, 4.69) is 17.2 Å². The highest BCUT2D eigenvalue weighted by Crippen LogP contribution is 2.27. The van der Waals surface area contributed by atoms with Crippen LogP contribution in [0.5, 0.6) is 0 Å². The first kappa shape index (κ1) is 30.6. The summed E-state index contributed by atoms with van der Waals surface area (Å²) in [5.74, 6) is -1.69. The van der Waals surface area contributed by atoms with E-state index >= 15 is 0 Å². The minimum atomic E-state index is -1.36. The van der Waals surface area contributed by atoms with Crippen LogP contribution in [-0.4, -0.2) is 71.8 Å². The van der Waals surface area contributed by atoms with Crippen LogP contribution in [0.2, 0.25) is 0 Å². The summed E-state index contributed by atoms with van der Waals surface area (Å²) in [6, 6.07) is 2.91. The van der Waals surface area contributed by atoms with Crippen LogP contribution in [0.15, 0.2) is 30.9 Å². The molecule has 2 unspecified atom stereocenters. The molecule has 0 saturated carbocycles. The Labute approximate surface area is 213 Å². The van der Waals surface area contributed by atoms with E-state index in [1.165, 1.54) is 11.0 Å². The van der Waals surface area contributed by atoms with Crippen molar-refractivity contribution in [2.45, 2.75) is 65.6 Å². The number of hydrogen-bond acceptors (Lipinski definition) is 7. The number of rotatable bonds is 12. The van der Waals surface area contributed by atoms with Crippen molar-refractivity contribution < 1.29 is 33.8 Å². The fourth-order valence-corrected chi connectivity index (χ4v) is 3.44. The largest absolute Gasteiger partial charge is 0.466 e. The maximum Gasteiger partial charge on any atom is 0.408 e. The topological polar surface area (TPSA) is 134 Å². The standard InChI is InChI=1S/C26H39N3O7/c1-8-15-29(24(33)20(16-30)28-25(34)36-26(5,6)7)22(19-12-10-11-17(3)18(19)4)23(32)27-14-13-21(31)35-9-2/h8,10-12,20,22,30H,1,9,13-16H2,2-7H3,(H,27,32)(H,28,34). The van der Waals surface area contributed by atoms with Crippen LogP contribution in [0, 0.1) is 13.8 Å². The van der Waals surface area contributed by atoms with Gasteiger partial charge >= 0.3 is 12.1 Å². The molecule has 10 nitrogen and oxygen atoms in total. The molecule has 0 saturated heterocycles. The first-order valence-corrected chi connectivity index (χ1v) is 11.9. The number of esters is 1. The Morgan fingerprint density at radius 1 is 1.19 bits per heavy atom. The molecule has 1 aromatic rings. The molecule has 2 atom stereocenters. The molecule has 0 fully saturated rings. The van der Waals surface area contributed by atoms with Crippen molar-refractivity contribution in [3.63, 3.8) is 0 Å². The van der Waals surface area contributed by atoms with Crippen LogP contribution >= 0.6 is 0 Å². The van der Waals surface area contributed by atoms with E-state index in [4.69, 9.17) is 9.47 Å². The summed E-state index contributed by atoms with van der Waals surface area (Å²) in [7, 11) is 0. The molecule has 36 heavy (non-hydrogen) atoms. The number of carbonyl (C=O) groups is 4. The van der Waals surface area contributed by atoms with Gasteiger partial charge in [0.1, 0.15) is 17.7 Å². The zero-order chi connectivity index (χ0) is 27.5. The number of aliphatic hydroxyl groups is 1. The summed E-state index contributed by atoms with van der Waals surface area (Å²) in [4.78, 5) is 52.2. The van der Waals surface area contributed by atoms with Crippen LogP contribution in [0.1, 0.15) is 56.8 Å². The van der Waals surface area contributed by atoms with Gasteiger partial charge in [-0.25, -0.2) is 4.79 Å². The van der Waals surface area contributed by atoms with Gasteiger partial charge in [-0.05, 0) is 58.2 Å². The van der Waals surface area contributed by atoms with E-state index in [1.54, 1.807) is 39.8 Å². The molecule has 0 radical (unpaired) electrons. The Kier molecular flexibility index (Phi) is 12.1. The minimum absolute atomic E-state index is 0.00867. The number of nitrogens with zero attached hydrogens (tertiary/aromatic N) is 1. The molecule has 1 rings (SSSR count). The van der Waals surface area contributed by atoms with Gasteiger partial charge in [-0.3, -0.25) is 14.4 Å². The minimum Gasteiger partial charge on any atom is -0.466 e. The number of carbonyl (C=O) groups excluding carboxylic acids is 4. The lowest BCUT2D eigenvalue weighted by atomic mass is 9.95. The molecule has 0 spiro atoms. The Bertz CT molecular complexity index is 940. The SMILES string of the molecule is C=CCN(C(=O)C(CO)NC(=O)OC(C)(C)C)C(C(=O)NCCC(=O)OCC)c1cccc(C)c1C. The number of alkyl carbamates (subject to hydrolysis) is 1. The molecule has 0 bridgehead atoms. The van der Waals surface area contributed by atoms with Gasteiger partial charge in [-0.1, -0.05) is 24.3 Å². The van der Waals surface area contributed by atoms with Crippen molar-refractivity contribution in [3.05, 3.63) is 47.5 Å². The van der Waals surface area contributed by atoms with Gasteiger partial charge in [0, 0.05) is 13.1 Å². The molecule has 0 aliphatic carbocycles. The number of aryl methyl sites for hydroxylation is 1. The summed E-state index contributed by atoms with van der Waals surface area (Å²) in [5.41, 5.74) is 1.46. The number of ether oxygens (including phenoxy) is 2. The summed E-state index contributed by atoms with van der Waals surface area (Å²) >= 11 is 0. The zero-order valence-corrected chi connectivity index (χ0v) is 22.1. The average molecular weight is 506 g/mol. The van der Waals surface area contributed by atoms with Crippen molar-refractivity contribution >= 4 is 23.9 Å². The zero-order valence-electron chi connectivity index (χ0n) is 22.1. The summed E-state index contributed by atoms with van der Waals surface area (Å²) in [6.45, 7) is 13.6. The predicted octanol–water partition coefficient (Wildman–Crippen LogP) is 2.31. The van der Waals surface area contributed by atoms with Gasteiger partial charge in [-0.2, -0.15) is 0 Å². The normalized spacial score (nSPS) is 12.6. The monoisotopic (exact) mass is 505 g/mol. The number of amides is 3. The van der Waals surface area contributed by atoms with E-state index in [-0.39, 0.29) is 26.1 Å². The van der Waals surface area contributed by atoms with Gasteiger partial charge in [-0.15, -0.1) is 6.58 Å². The van der Waals surface area contributed by atoms with Crippen molar-refractivity contribution in [1.29, 1.82) is 0 Å². The molecule has 10 heteroatoms. The Balaban J connectivity index is 3.34. The second-order valence-electron chi connectivity index (χ2n) is 9.20. The quantitative estimate of drug-likeness (QED) is 0.293. The lowest BCUT2D eigenvalue weighted by molar-refractivity contribution is -0.144. The maximum atomic E-state index is 13.5. The number of hydrogen-bond donors (Lipinski definition) is 3. The van der Waals surface area contributed by atoms with Crippen LogP contribution in [0.4, 0.5) is 4.79 Å². The summed E-state index contributed by atoms with van der Waals surface area (Å²) in [6.07, 6.45) is 0.535. The lowest BCUT2D eigenvalue weighted by Crippen LogP contribution is -2.54. The second-order valence-corrected chi connectivity index (χ2v) is 9.20. The lowest BCUT2D eigenvalue weighted by Gasteiger charge is -2.34. The Morgan fingerprint density at radius 3 is 2.42 bits per heavy atom. The average Bonchev–Trinajstić information content (AvgIpc) is 2.78. The van der Waals surface area contributed by atoms with Crippen LogP contribution < -0.4 is 10.6 Å².